The molecule has 1 unspecified atom stereocenters. The van der Waals surface area contributed by atoms with Gasteiger partial charge in [-0.1, -0.05) is 42.0 Å². The Morgan fingerprint density at radius 3 is 2.64 bits per heavy atom. The summed E-state index contributed by atoms with van der Waals surface area (Å²) in [5.41, 5.74) is 9.70. The first-order valence-corrected chi connectivity index (χ1v) is 7.40. The van der Waals surface area contributed by atoms with E-state index in [2.05, 4.69) is 5.32 Å². The SMILES string of the molecule is CCOCc1cccc(NC(=O)C(N)c2ccc(C)cc2)c1. The van der Waals surface area contributed by atoms with Crippen LogP contribution in [0.5, 0.6) is 0 Å². The Bertz CT molecular complexity index is 623. The van der Waals surface area contributed by atoms with Crippen molar-refractivity contribution in [2.24, 2.45) is 5.73 Å². The zero-order valence-electron chi connectivity index (χ0n) is 13.0. The van der Waals surface area contributed by atoms with E-state index in [1.165, 1.54) is 0 Å². The molecule has 0 aliphatic rings. The quantitative estimate of drug-likeness (QED) is 0.861. The third kappa shape index (κ3) is 4.41. The van der Waals surface area contributed by atoms with E-state index in [0.29, 0.717) is 13.2 Å². The van der Waals surface area contributed by atoms with Crippen LogP contribution in [0.1, 0.15) is 29.7 Å². The summed E-state index contributed by atoms with van der Waals surface area (Å²) >= 11 is 0. The number of hydrogen-bond donors (Lipinski definition) is 2. The van der Waals surface area contributed by atoms with Crippen LogP contribution in [0.3, 0.4) is 0 Å². The lowest BCUT2D eigenvalue weighted by molar-refractivity contribution is -0.117. The van der Waals surface area contributed by atoms with Crippen molar-refractivity contribution in [1.82, 2.24) is 0 Å². The molecule has 1 amide bonds. The van der Waals surface area contributed by atoms with Gasteiger partial charge in [-0.2, -0.15) is 0 Å². The summed E-state index contributed by atoms with van der Waals surface area (Å²) in [4.78, 5) is 12.3. The maximum atomic E-state index is 12.3. The smallest absolute Gasteiger partial charge is 0.245 e. The first-order valence-electron chi connectivity index (χ1n) is 7.40. The maximum absolute atomic E-state index is 12.3. The summed E-state index contributed by atoms with van der Waals surface area (Å²) in [6.45, 7) is 5.14. The summed E-state index contributed by atoms with van der Waals surface area (Å²) in [6.07, 6.45) is 0. The molecule has 1 atom stereocenters. The van der Waals surface area contributed by atoms with Crippen molar-refractivity contribution in [3.8, 4) is 0 Å². The lowest BCUT2D eigenvalue weighted by Crippen LogP contribution is -2.27. The standard InChI is InChI=1S/C18H22N2O2/c1-3-22-12-14-5-4-6-16(11-14)20-18(21)17(19)15-9-7-13(2)8-10-15/h4-11,17H,3,12,19H2,1-2H3,(H,20,21). The average molecular weight is 298 g/mol. The Morgan fingerprint density at radius 1 is 1.23 bits per heavy atom. The number of amides is 1. The number of anilines is 1. The van der Waals surface area contributed by atoms with E-state index >= 15 is 0 Å². The molecule has 4 nitrogen and oxygen atoms in total. The molecule has 0 saturated carbocycles. The van der Waals surface area contributed by atoms with Crippen molar-refractivity contribution in [3.63, 3.8) is 0 Å². The Kier molecular flexibility index (Phi) is 5.69. The molecule has 116 valence electrons. The van der Waals surface area contributed by atoms with Crippen molar-refractivity contribution < 1.29 is 9.53 Å². The molecule has 0 aliphatic heterocycles. The number of carbonyl (C=O) groups excluding carboxylic acids is 1. The molecule has 0 fully saturated rings. The van der Waals surface area contributed by atoms with E-state index in [-0.39, 0.29) is 5.91 Å². The molecule has 2 rings (SSSR count). The fourth-order valence-corrected chi connectivity index (χ4v) is 2.10. The Labute approximate surface area is 131 Å². The van der Waals surface area contributed by atoms with Crippen LogP contribution in [0.15, 0.2) is 48.5 Å². The molecule has 4 heteroatoms. The van der Waals surface area contributed by atoms with Crippen LogP contribution in [0.4, 0.5) is 5.69 Å². The van der Waals surface area contributed by atoms with Gasteiger partial charge in [0.2, 0.25) is 5.91 Å². The fraction of sp³-hybridized carbons (Fsp3) is 0.278. The van der Waals surface area contributed by atoms with Crippen molar-refractivity contribution >= 4 is 11.6 Å². The largest absolute Gasteiger partial charge is 0.377 e. The van der Waals surface area contributed by atoms with Gasteiger partial charge in [0, 0.05) is 12.3 Å². The topological polar surface area (TPSA) is 64.3 Å². The molecule has 3 N–H and O–H groups in total. The lowest BCUT2D eigenvalue weighted by Gasteiger charge is -2.13. The van der Waals surface area contributed by atoms with Crippen LogP contribution in [-0.4, -0.2) is 12.5 Å². The van der Waals surface area contributed by atoms with Crippen molar-refractivity contribution in [3.05, 3.63) is 65.2 Å². The van der Waals surface area contributed by atoms with Crippen molar-refractivity contribution in [2.75, 3.05) is 11.9 Å². The molecule has 0 radical (unpaired) electrons. The van der Waals surface area contributed by atoms with E-state index in [4.69, 9.17) is 10.5 Å². The molecular weight excluding hydrogens is 276 g/mol. The minimum atomic E-state index is -0.684. The molecular formula is C18H22N2O2. The van der Waals surface area contributed by atoms with Gasteiger partial charge in [-0.05, 0) is 37.1 Å². The van der Waals surface area contributed by atoms with E-state index in [9.17, 15) is 4.79 Å². The first kappa shape index (κ1) is 16.2. The summed E-state index contributed by atoms with van der Waals surface area (Å²) < 4.78 is 5.37. The number of rotatable bonds is 6. The minimum Gasteiger partial charge on any atom is -0.377 e. The first-order chi connectivity index (χ1) is 10.6. The Morgan fingerprint density at radius 2 is 1.95 bits per heavy atom. The van der Waals surface area contributed by atoms with Gasteiger partial charge < -0.3 is 15.8 Å². The summed E-state index contributed by atoms with van der Waals surface area (Å²) in [5, 5.41) is 2.85. The van der Waals surface area contributed by atoms with Gasteiger partial charge in [-0.25, -0.2) is 0 Å². The monoisotopic (exact) mass is 298 g/mol. The van der Waals surface area contributed by atoms with Gasteiger partial charge in [0.25, 0.3) is 0 Å². The third-order valence-electron chi connectivity index (χ3n) is 3.39. The number of hydrogen-bond acceptors (Lipinski definition) is 3. The fourth-order valence-electron chi connectivity index (χ4n) is 2.10. The van der Waals surface area contributed by atoms with Gasteiger partial charge in [0.05, 0.1) is 6.61 Å². The summed E-state index contributed by atoms with van der Waals surface area (Å²) in [5.74, 6) is -0.225. The highest BCUT2D eigenvalue weighted by molar-refractivity contribution is 5.95. The molecule has 0 saturated heterocycles. The Balaban J connectivity index is 2.03. The molecule has 0 aromatic heterocycles. The predicted octanol–water partition coefficient (Wildman–Crippen LogP) is 3.17. The highest BCUT2D eigenvalue weighted by Crippen LogP contribution is 2.16. The van der Waals surface area contributed by atoms with Crippen molar-refractivity contribution in [2.45, 2.75) is 26.5 Å². The number of aryl methyl sites for hydroxylation is 1. The zero-order valence-corrected chi connectivity index (χ0v) is 13.0. The number of ether oxygens (including phenoxy) is 1. The van der Waals surface area contributed by atoms with E-state index in [0.717, 1.165) is 22.4 Å². The molecule has 22 heavy (non-hydrogen) atoms. The van der Waals surface area contributed by atoms with E-state index < -0.39 is 6.04 Å². The predicted molar refractivity (Wildman–Crippen MR) is 88.5 cm³/mol. The molecule has 0 bridgehead atoms. The number of benzene rings is 2. The molecule has 0 aliphatic carbocycles. The van der Waals surface area contributed by atoms with Gasteiger partial charge in [0.15, 0.2) is 0 Å². The number of carbonyl (C=O) groups is 1. The number of nitrogens with one attached hydrogen (secondary N) is 1. The average Bonchev–Trinajstić information content (AvgIpc) is 2.53. The second-order valence-electron chi connectivity index (χ2n) is 5.22. The molecule has 0 heterocycles. The van der Waals surface area contributed by atoms with Crippen LogP contribution in [0, 0.1) is 6.92 Å². The van der Waals surface area contributed by atoms with E-state index in [1.807, 2.05) is 62.4 Å². The second-order valence-corrected chi connectivity index (χ2v) is 5.22. The Hall–Kier alpha value is -2.17. The van der Waals surface area contributed by atoms with Gasteiger partial charge in [-0.15, -0.1) is 0 Å². The molecule has 2 aromatic carbocycles. The van der Waals surface area contributed by atoms with Crippen LogP contribution >= 0.6 is 0 Å². The number of nitrogens with two attached hydrogens (primary N) is 1. The summed E-state index contributed by atoms with van der Waals surface area (Å²) in [6, 6.07) is 14.6. The summed E-state index contributed by atoms with van der Waals surface area (Å²) in [7, 11) is 0. The second kappa shape index (κ2) is 7.73. The van der Waals surface area contributed by atoms with Crippen LogP contribution in [0.2, 0.25) is 0 Å². The lowest BCUT2D eigenvalue weighted by atomic mass is 10.1. The normalized spacial score (nSPS) is 12.0. The third-order valence-corrected chi connectivity index (χ3v) is 3.39. The van der Waals surface area contributed by atoms with Crippen LogP contribution in [-0.2, 0) is 16.1 Å². The van der Waals surface area contributed by atoms with Gasteiger partial charge >= 0.3 is 0 Å². The van der Waals surface area contributed by atoms with Crippen LogP contribution < -0.4 is 11.1 Å². The molecule has 0 spiro atoms. The van der Waals surface area contributed by atoms with Gasteiger partial charge in [-0.3, -0.25) is 4.79 Å². The van der Waals surface area contributed by atoms with Gasteiger partial charge in [0.1, 0.15) is 6.04 Å². The highest BCUT2D eigenvalue weighted by Gasteiger charge is 2.15. The van der Waals surface area contributed by atoms with E-state index in [1.54, 1.807) is 0 Å². The highest BCUT2D eigenvalue weighted by atomic mass is 16.5. The molecule has 2 aromatic rings. The maximum Gasteiger partial charge on any atom is 0.245 e. The minimum absolute atomic E-state index is 0.225. The zero-order chi connectivity index (χ0) is 15.9. The van der Waals surface area contributed by atoms with Crippen LogP contribution in [0.25, 0.3) is 0 Å². The van der Waals surface area contributed by atoms with Crippen molar-refractivity contribution in [1.29, 1.82) is 0 Å².